The van der Waals surface area contributed by atoms with Gasteiger partial charge < -0.3 is 15.4 Å². The molecule has 30 heavy (non-hydrogen) atoms. The first-order valence-corrected chi connectivity index (χ1v) is 11.0. The molecule has 0 radical (unpaired) electrons. The van der Waals surface area contributed by atoms with Crippen molar-refractivity contribution in [2.24, 2.45) is 0 Å². The first-order chi connectivity index (χ1) is 14.3. The van der Waals surface area contributed by atoms with Crippen LogP contribution in [0.5, 0.6) is 0 Å². The number of halogens is 2. The molecule has 7 nitrogen and oxygen atoms in total. The molecule has 0 fully saturated rings. The molecule has 1 atom stereocenters. The van der Waals surface area contributed by atoms with Gasteiger partial charge in [0.15, 0.2) is 0 Å². The SMILES string of the molecule is COC(=O)Nc1ccc(NC(=O)C(CCSC)NC(=O)c2ccc(Cl)cc2Cl)cc1. The van der Waals surface area contributed by atoms with Crippen LogP contribution in [0.4, 0.5) is 16.2 Å². The lowest BCUT2D eigenvalue weighted by atomic mass is 10.1. The maximum absolute atomic E-state index is 12.8. The fraction of sp³-hybridized carbons (Fsp3) is 0.250. The summed E-state index contributed by atoms with van der Waals surface area (Å²) < 4.78 is 4.53. The van der Waals surface area contributed by atoms with Gasteiger partial charge in [0.25, 0.3) is 5.91 Å². The Morgan fingerprint density at radius 1 is 1.03 bits per heavy atom. The average Bonchev–Trinajstić information content (AvgIpc) is 2.72. The molecule has 2 aromatic rings. The van der Waals surface area contributed by atoms with Crippen molar-refractivity contribution in [3.63, 3.8) is 0 Å². The zero-order valence-corrected chi connectivity index (χ0v) is 18.7. The van der Waals surface area contributed by atoms with Crippen molar-refractivity contribution in [2.75, 3.05) is 29.8 Å². The maximum atomic E-state index is 12.8. The summed E-state index contributed by atoms with van der Waals surface area (Å²) in [5.41, 5.74) is 1.27. The van der Waals surface area contributed by atoms with Crippen LogP contribution >= 0.6 is 35.0 Å². The van der Waals surface area contributed by atoms with E-state index in [1.165, 1.54) is 19.2 Å². The maximum Gasteiger partial charge on any atom is 0.411 e. The molecule has 0 spiro atoms. The summed E-state index contributed by atoms with van der Waals surface area (Å²) in [6, 6.07) is 10.3. The number of amides is 3. The highest BCUT2D eigenvalue weighted by atomic mass is 35.5. The van der Waals surface area contributed by atoms with E-state index in [-0.39, 0.29) is 16.5 Å². The Bertz CT molecular complexity index is 909. The highest BCUT2D eigenvalue weighted by Gasteiger charge is 2.22. The topological polar surface area (TPSA) is 96.5 Å². The first kappa shape index (κ1) is 23.9. The number of ether oxygens (including phenoxy) is 1. The number of nitrogens with one attached hydrogen (secondary N) is 3. The van der Waals surface area contributed by atoms with Crippen LogP contribution in [0.1, 0.15) is 16.8 Å². The van der Waals surface area contributed by atoms with E-state index in [0.717, 1.165) is 0 Å². The summed E-state index contributed by atoms with van der Waals surface area (Å²) in [4.78, 5) is 36.6. The van der Waals surface area contributed by atoms with Gasteiger partial charge in [0.2, 0.25) is 5.91 Å². The van der Waals surface area contributed by atoms with Gasteiger partial charge in [-0.1, -0.05) is 23.2 Å². The average molecular weight is 470 g/mol. The molecule has 0 aliphatic heterocycles. The zero-order valence-electron chi connectivity index (χ0n) is 16.3. The van der Waals surface area contributed by atoms with Gasteiger partial charge in [-0.2, -0.15) is 11.8 Å². The predicted molar refractivity (Wildman–Crippen MR) is 122 cm³/mol. The molecule has 0 bridgehead atoms. The minimum absolute atomic E-state index is 0.206. The van der Waals surface area contributed by atoms with E-state index >= 15 is 0 Å². The minimum atomic E-state index is -0.760. The Balaban J connectivity index is 2.07. The molecule has 0 saturated carbocycles. The summed E-state index contributed by atoms with van der Waals surface area (Å²) >= 11 is 13.5. The fourth-order valence-corrected chi connectivity index (χ4v) is 3.42. The molecule has 1 unspecified atom stereocenters. The standard InChI is InChI=1S/C20H21Cl2N3O4S/c1-29-20(28)24-14-6-4-13(5-7-14)23-19(27)17(9-10-30-2)25-18(26)15-8-3-12(21)11-16(15)22/h3-8,11,17H,9-10H2,1-2H3,(H,23,27)(H,24,28)(H,25,26). The van der Waals surface area contributed by atoms with E-state index in [2.05, 4.69) is 20.7 Å². The van der Waals surface area contributed by atoms with E-state index in [4.69, 9.17) is 23.2 Å². The number of rotatable bonds is 8. The molecular weight excluding hydrogens is 449 g/mol. The quantitative estimate of drug-likeness (QED) is 0.522. The van der Waals surface area contributed by atoms with Gasteiger partial charge in [0.05, 0.1) is 17.7 Å². The van der Waals surface area contributed by atoms with E-state index < -0.39 is 18.0 Å². The van der Waals surface area contributed by atoms with Crippen molar-refractivity contribution < 1.29 is 19.1 Å². The second kappa shape index (κ2) is 11.7. The normalized spacial score (nSPS) is 11.3. The lowest BCUT2D eigenvalue weighted by Gasteiger charge is -2.19. The Hall–Kier alpha value is -2.42. The molecule has 0 aliphatic rings. The van der Waals surface area contributed by atoms with Crippen LogP contribution in [0.25, 0.3) is 0 Å². The van der Waals surface area contributed by atoms with Gasteiger partial charge >= 0.3 is 6.09 Å². The second-order valence-electron chi connectivity index (χ2n) is 6.11. The molecule has 3 amide bonds. The van der Waals surface area contributed by atoms with Crippen LogP contribution in [0, 0.1) is 0 Å². The highest BCUT2D eigenvalue weighted by molar-refractivity contribution is 7.98. The van der Waals surface area contributed by atoms with Crippen molar-refractivity contribution in [2.45, 2.75) is 12.5 Å². The molecule has 0 saturated heterocycles. The lowest BCUT2D eigenvalue weighted by Crippen LogP contribution is -2.44. The van der Waals surface area contributed by atoms with Crippen molar-refractivity contribution in [3.05, 3.63) is 58.1 Å². The number of methoxy groups -OCH3 is 1. The van der Waals surface area contributed by atoms with E-state index in [0.29, 0.717) is 28.6 Å². The van der Waals surface area contributed by atoms with Crippen LogP contribution in [-0.2, 0) is 9.53 Å². The monoisotopic (exact) mass is 469 g/mol. The largest absolute Gasteiger partial charge is 0.453 e. The predicted octanol–water partition coefficient (Wildman–Crippen LogP) is 4.66. The van der Waals surface area contributed by atoms with Crippen LogP contribution in [-0.4, -0.2) is 43.1 Å². The van der Waals surface area contributed by atoms with E-state index in [1.54, 1.807) is 42.1 Å². The summed E-state index contributed by atoms with van der Waals surface area (Å²) in [6.45, 7) is 0. The van der Waals surface area contributed by atoms with Crippen molar-refractivity contribution in [3.8, 4) is 0 Å². The molecule has 2 rings (SSSR count). The highest BCUT2D eigenvalue weighted by Crippen LogP contribution is 2.21. The molecule has 160 valence electrons. The fourth-order valence-electron chi connectivity index (χ4n) is 2.45. The van der Waals surface area contributed by atoms with Gasteiger partial charge in [0.1, 0.15) is 6.04 Å². The summed E-state index contributed by atoms with van der Waals surface area (Å²) in [7, 11) is 1.27. The van der Waals surface area contributed by atoms with Crippen molar-refractivity contribution in [1.29, 1.82) is 0 Å². The summed E-state index contributed by atoms with van der Waals surface area (Å²) in [5.74, 6) is -0.152. The third-order valence-corrected chi connectivity index (χ3v) is 5.18. The number of carbonyl (C=O) groups is 3. The van der Waals surface area contributed by atoms with Gasteiger partial charge in [-0.05, 0) is 60.9 Å². The van der Waals surface area contributed by atoms with Gasteiger partial charge in [-0.3, -0.25) is 14.9 Å². The third kappa shape index (κ3) is 7.12. The Labute approximate surface area is 188 Å². The Kier molecular flexibility index (Phi) is 9.29. The lowest BCUT2D eigenvalue weighted by molar-refractivity contribution is -0.118. The third-order valence-electron chi connectivity index (χ3n) is 3.99. The molecule has 0 aromatic heterocycles. The molecule has 0 heterocycles. The molecular formula is C20H21Cl2N3O4S. The van der Waals surface area contributed by atoms with E-state index in [9.17, 15) is 14.4 Å². The van der Waals surface area contributed by atoms with Crippen LogP contribution in [0.15, 0.2) is 42.5 Å². The molecule has 10 heteroatoms. The van der Waals surface area contributed by atoms with Gasteiger partial charge in [0, 0.05) is 16.4 Å². The van der Waals surface area contributed by atoms with Crippen LogP contribution in [0.3, 0.4) is 0 Å². The van der Waals surface area contributed by atoms with Crippen molar-refractivity contribution in [1.82, 2.24) is 5.32 Å². The van der Waals surface area contributed by atoms with Gasteiger partial charge in [-0.25, -0.2) is 4.79 Å². The number of benzene rings is 2. The number of anilines is 2. The molecule has 0 aliphatic carbocycles. The number of hydrogen-bond donors (Lipinski definition) is 3. The van der Waals surface area contributed by atoms with E-state index in [1.807, 2.05) is 6.26 Å². The number of thioether (sulfide) groups is 1. The number of carbonyl (C=O) groups excluding carboxylic acids is 3. The Morgan fingerprint density at radius 3 is 2.23 bits per heavy atom. The van der Waals surface area contributed by atoms with Crippen LogP contribution < -0.4 is 16.0 Å². The van der Waals surface area contributed by atoms with Gasteiger partial charge in [-0.15, -0.1) is 0 Å². The molecule has 2 aromatic carbocycles. The number of hydrogen-bond acceptors (Lipinski definition) is 5. The van der Waals surface area contributed by atoms with Crippen LogP contribution in [0.2, 0.25) is 10.0 Å². The van der Waals surface area contributed by atoms with Crippen molar-refractivity contribution >= 4 is 64.2 Å². The first-order valence-electron chi connectivity index (χ1n) is 8.84. The summed E-state index contributed by atoms with van der Waals surface area (Å²) in [5, 5.41) is 8.64. The second-order valence-corrected chi connectivity index (χ2v) is 7.94. The summed E-state index contributed by atoms with van der Waals surface area (Å²) in [6.07, 6.45) is 1.76. The Morgan fingerprint density at radius 2 is 1.67 bits per heavy atom. The molecule has 3 N–H and O–H groups in total. The smallest absolute Gasteiger partial charge is 0.411 e. The minimum Gasteiger partial charge on any atom is -0.453 e. The zero-order chi connectivity index (χ0) is 22.1.